The number of ether oxygens (including phenoxy) is 4. The molecule has 0 saturated carbocycles. The first-order valence-corrected chi connectivity index (χ1v) is 18.7. The molecule has 1 aliphatic heterocycles. The quantitative estimate of drug-likeness (QED) is 0.200. The molecule has 0 saturated heterocycles. The largest absolute Gasteiger partial charge is 0.457 e. The highest BCUT2D eigenvalue weighted by molar-refractivity contribution is 5.87. The second-order valence-corrected chi connectivity index (χ2v) is 14.4. The van der Waals surface area contributed by atoms with Crippen molar-refractivity contribution in [2.24, 2.45) is 10.8 Å². The fourth-order valence-electron chi connectivity index (χ4n) is 5.62. The number of allylic oxidation sites excluding steroid dienone is 10. The van der Waals surface area contributed by atoms with Gasteiger partial charge in [0.1, 0.15) is 24.7 Å². The van der Waals surface area contributed by atoms with Gasteiger partial charge in [0.05, 0.1) is 37.3 Å². The Morgan fingerprint density at radius 2 is 1.04 bits per heavy atom. The summed E-state index contributed by atoms with van der Waals surface area (Å²) in [6.45, 7) is 11.0. The molecule has 2 aromatic heterocycles. The van der Waals surface area contributed by atoms with E-state index < -0.39 is 59.4 Å². The summed E-state index contributed by atoms with van der Waals surface area (Å²) in [6, 6.07) is 0. The average Bonchev–Trinajstić information content (AvgIpc) is 3.85. The van der Waals surface area contributed by atoms with Crippen molar-refractivity contribution in [3.63, 3.8) is 0 Å². The van der Waals surface area contributed by atoms with Crippen LogP contribution in [0.2, 0.25) is 0 Å². The molecular weight excluding hydrogens is 716 g/mol. The molecule has 4 bridgehead atoms. The summed E-state index contributed by atoms with van der Waals surface area (Å²) >= 11 is 0. The van der Waals surface area contributed by atoms with Gasteiger partial charge in [-0.05, 0) is 13.8 Å². The zero-order valence-electron chi connectivity index (χ0n) is 33.7. The predicted octanol–water partition coefficient (Wildman–Crippen LogP) is 7.59. The molecule has 304 valence electrons. The SMILES string of the molecule is C/C=C/[C@H](O)C(C)(C)[C@@H]1C\C=C/C=C\C=C/[C@H](OC)Cc2nc(co2)C(=O)O[C@H](C(C)(C)[C@@H](O)/C=C/C)C\C=C/C=C\C=C/[C@H](OC)Cc2nc(co2)C(=O)O1. The Bertz CT molecular complexity index is 1640. The number of nitrogens with zero attached hydrogens (tertiary/aromatic N) is 2. The molecule has 3 heterocycles. The molecule has 2 aromatic rings. The zero-order valence-corrected chi connectivity index (χ0v) is 33.7. The number of rotatable bonds is 8. The van der Waals surface area contributed by atoms with Gasteiger partial charge in [0.2, 0.25) is 0 Å². The predicted molar refractivity (Wildman–Crippen MR) is 214 cm³/mol. The van der Waals surface area contributed by atoms with Crippen LogP contribution in [0.15, 0.2) is 119 Å². The van der Waals surface area contributed by atoms with Crippen LogP contribution in [-0.2, 0) is 31.8 Å². The smallest absolute Gasteiger partial charge is 0.360 e. The number of aliphatic hydroxyl groups is 2. The number of hydrogen-bond acceptors (Lipinski definition) is 12. The van der Waals surface area contributed by atoms with Crippen LogP contribution < -0.4 is 0 Å². The third-order valence-electron chi connectivity index (χ3n) is 9.60. The van der Waals surface area contributed by atoms with Gasteiger partial charge in [0, 0.05) is 37.9 Å². The Labute approximate surface area is 330 Å². The molecule has 0 radical (unpaired) electrons. The van der Waals surface area contributed by atoms with E-state index in [1.54, 1.807) is 38.5 Å². The van der Waals surface area contributed by atoms with E-state index in [-0.39, 0.29) is 24.2 Å². The molecule has 2 N–H and O–H groups in total. The molecule has 0 aliphatic carbocycles. The highest BCUT2D eigenvalue weighted by Gasteiger charge is 2.39. The van der Waals surface area contributed by atoms with Crippen molar-refractivity contribution in [1.29, 1.82) is 0 Å². The molecule has 0 amide bonds. The summed E-state index contributed by atoms with van der Waals surface area (Å²) in [6.07, 6.45) is 28.4. The van der Waals surface area contributed by atoms with E-state index >= 15 is 0 Å². The van der Waals surface area contributed by atoms with Crippen molar-refractivity contribution in [1.82, 2.24) is 9.97 Å². The Hall–Kier alpha value is -4.88. The van der Waals surface area contributed by atoms with Gasteiger partial charge >= 0.3 is 11.9 Å². The van der Waals surface area contributed by atoms with Crippen molar-refractivity contribution >= 4 is 11.9 Å². The third-order valence-corrected chi connectivity index (χ3v) is 9.60. The van der Waals surface area contributed by atoms with Crippen molar-refractivity contribution in [3.05, 3.63) is 133 Å². The lowest BCUT2D eigenvalue weighted by atomic mass is 9.79. The molecule has 12 nitrogen and oxygen atoms in total. The second-order valence-electron chi connectivity index (χ2n) is 14.4. The topological polar surface area (TPSA) is 164 Å². The van der Waals surface area contributed by atoms with Crippen molar-refractivity contribution < 1.29 is 47.6 Å². The van der Waals surface area contributed by atoms with Gasteiger partial charge in [-0.2, -0.15) is 0 Å². The van der Waals surface area contributed by atoms with E-state index in [1.165, 1.54) is 12.5 Å². The van der Waals surface area contributed by atoms with Gasteiger partial charge in [-0.25, -0.2) is 19.6 Å². The number of aromatic nitrogens is 2. The molecule has 0 fully saturated rings. The zero-order chi connectivity index (χ0) is 41.1. The highest BCUT2D eigenvalue weighted by atomic mass is 16.6. The summed E-state index contributed by atoms with van der Waals surface area (Å²) in [5.41, 5.74) is -1.66. The van der Waals surface area contributed by atoms with Gasteiger partial charge in [-0.3, -0.25) is 0 Å². The molecule has 1 aliphatic rings. The van der Waals surface area contributed by atoms with E-state index in [9.17, 15) is 19.8 Å². The minimum Gasteiger partial charge on any atom is -0.457 e. The number of methoxy groups -OCH3 is 2. The van der Waals surface area contributed by atoms with Gasteiger partial charge in [0.15, 0.2) is 23.2 Å². The third kappa shape index (κ3) is 13.7. The Morgan fingerprint density at radius 3 is 1.39 bits per heavy atom. The number of cyclic esters (lactones) is 2. The van der Waals surface area contributed by atoms with Crippen LogP contribution in [0, 0.1) is 10.8 Å². The molecule has 12 heteroatoms. The number of hydrogen-bond donors (Lipinski definition) is 2. The molecular formula is C44H58N2O10. The fourth-order valence-corrected chi connectivity index (χ4v) is 5.62. The molecule has 0 spiro atoms. The van der Waals surface area contributed by atoms with Crippen LogP contribution in [0.1, 0.15) is 87.1 Å². The van der Waals surface area contributed by atoms with Gasteiger partial charge in [-0.15, -0.1) is 0 Å². The molecule has 6 atom stereocenters. The first kappa shape index (κ1) is 45.5. The maximum Gasteiger partial charge on any atom is 0.360 e. The van der Waals surface area contributed by atoms with E-state index in [1.807, 2.05) is 114 Å². The fraction of sp³-hybridized carbons (Fsp3) is 0.455. The Morgan fingerprint density at radius 1 is 0.661 bits per heavy atom. The van der Waals surface area contributed by atoms with Crippen LogP contribution in [0.5, 0.6) is 0 Å². The molecule has 3 rings (SSSR count). The van der Waals surface area contributed by atoms with Gasteiger partial charge in [-0.1, -0.05) is 125 Å². The highest BCUT2D eigenvalue weighted by Crippen LogP contribution is 2.33. The summed E-state index contributed by atoms with van der Waals surface area (Å²) in [7, 11) is 3.12. The summed E-state index contributed by atoms with van der Waals surface area (Å²) < 4.78 is 34.3. The van der Waals surface area contributed by atoms with Crippen molar-refractivity contribution in [2.45, 2.75) is 104 Å². The average molecular weight is 775 g/mol. The lowest BCUT2D eigenvalue weighted by Crippen LogP contribution is -2.42. The Kier molecular flexibility index (Phi) is 18.4. The van der Waals surface area contributed by atoms with E-state index in [0.29, 0.717) is 24.6 Å². The van der Waals surface area contributed by atoms with Crippen LogP contribution in [0.25, 0.3) is 0 Å². The minimum absolute atomic E-state index is 0.0120. The number of aliphatic hydroxyl groups excluding tert-OH is 2. The molecule has 56 heavy (non-hydrogen) atoms. The lowest BCUT2D eigenvalue weighted by Gasteiger charge is -2.36. The van der Waals surface area contributed by atoms with Crippen molar-refractivity contribution in [2.75, 3.05) is 14.2 Å². The van der Waals surface area contributed by atoms with Crippen molar-refractivity contribution in [3.8, 4) is 0 Å². The second kappa shape index (κ2) is 22.6. The van der Waals surface area contributed by atoms with Crippen LogP contribution >= 0.6 is 0 Å². The minimum atomic E-state index is -0.880. The van der Waals surface area contributed by atoms with Gasteiger partial charge in [0.25, 0.3) is 0 Å². The number of oxazole rings is 2. The monoisotopic (exact) mass is 774 g/mol. The lowest BCUT2D eigenvalue weighted by molar-refractivity contribution is -0.0461. The summed E-state index contributed by atoms with van der Waals surface area (Å²) in [5, 5.41) is 21.8. The van der Waals surface area contributed by atoms with E-state index in [0.717, 1.165) is 0 Å². The first-order valence-electron chi connectivity index (χ1n) is 18.7. The summed E-state index contributed by atoms with van der Waals surface area (Å²) in [5.74, 6) is -0.754. The normalized spacial score (nSPS) is 26.1. The number of carbonyl (C=O) groups excluding carboxylic acids is 2. The maximum atomic E-state index is 13.3. The number of carbonyl (C=O) groups is 2. The molecule has 0 unspecified atom stereocenters. The standard InChI is InChI=1S/C44H58N2O10/c1-9-21-35(47)43(3,4)37-25-19-15-11-13-17-23-32(52-8)28-40-46-34(30-54-40)42(50)56-38(44(5,6)36(48)22-10-2)26-20-16-12-14-18-24-31(51-7)27-39-45-33(29-53-39)41(49)55-37/h9-24,29-32,35-38,47-48H,25-28H2,1-8H3/b13-11-,14-12-,19-15-,20-16-,21-9+,22-10+,23-17-,24-18-/t31-,32-,35-,36-,37-,38-/m0/s1. The van der Waals surface area contributed by atoms with Crippen LogP contribution in [0.4, 0.5) is 0 Å². The van der Waals surface area contributed by atoms with Crippen LogP contribution in [0.3, 0.4) is 0 Å². The number of esters is 2. The van der Waals surface area contributed by atoms with E-state index in [2.05, 4.69) is 9.97 Å². The molecule has 0 aromatic carbocycles. The first-order chi connectivity index (χ1) is 26.8. The van der Waals surface area contributed by atoms with Crippen LogP contribution in [-0.4, -0.2) is 83.0 Å². The number of fused-ring (bicyclic) bond motifs is 4. The Balaban J connectivity index is 1.93. The maximum absolute atomic E-state index is 13.3. The van der Waals surface area contributed by atoms with Gasteiger partial charge < -0.3 is 38.0 Å². The van der Waals surface area contributed by atoms with E-state index in [4.69, 9.17) is 27.8 Å². The summed E-state index contributed by atoms with van der Waals surface area (Å²) in [4.78, 5) is 35.3.